The average Bonchev–Trinajstić information content (AvgIpc) is 3.31. The number of hydrogen-bond acceptors (Lipinski definition) is 5. The Bertz CT molecular complexity index is 1250. The van der Waals surface area contributed by atoms with E-state index in [0.717, 1.165) is 16.1 Å². The maximum absolute atomic E-state index is 13.5. The van der Waals surface area contributed by atoms with E-state index < -0.39 is 17.2 Å². The van der Waals surface area contributed by atoms with Gasteiger partial charge in [-0.05, 0) is 60.0 Å². The van der Waals surface area contributed by atoms with Crippen LogP contribution in [-0.4, -0.2) is 48.8 Å². The summed E-state index contributed by atoms with van der Waals surface area (Å²) >= 11 is 3.55. The van der Waals surface area contributed by atoms with E-state index in [-0.39, 0.29) is 32.1 Å². The minimum absolute atomic E-state index is 0.0405. The van der Waals surface area contributed by atoms with Crippen LogP contribution >= 0.6 is 15.9 Å². The van der Waals surface area contributed by atoms with Crippen molar-refractivity contribution in [3.8, 4) is 5.75 Å². The fraction of sp³-hybridized carbons (Fsp3) is 0.286. The molecule has 1 heterocycles. The number of ether oxygens (including phenoxy) is 2. The number of nitrogens with zero attached hydrogens (tertiary/aromatic N) is 1. The van der Waals surface area contributed by atoms with E-state index in [4.69, 9.17) is 19.6 Å². The van der Waals surface area contributed by atoms with Crippen molar-refractivity contribution in [2.45, 2.75) is 24.8 Å². The van der Waals surface area contributed by atoms with Gasteiger partial charge in [0.05, 0.1) is 6.61 Å². The fourth-order valence-electron chi connectivity index (χ4n) is 4.03. The van der Waals surface area contributed by atoms with E-state index in [1.807, 2.05) is 24.3 Å². The van der Waals surface area contributed by atoms with Crippen LogP contribution in [0, 0.1) is 11.6 Å². The highest BCUT2D eigenvalue weighted by Gasteiger charge is 2.44. The lowest BCUT2D eigenvalue weighted by atomic mass is 9.91. The van der Waals surface area contributed by atoms with Crippen molar-refractivity contribution in [2.24, 2.45) is 4.99 Å². The van der Waals surface area contributed by atoms with E-state index in [2.05, 4.69) is 21.2 Å². The summed E-state index contributed by atoms with van der Waals surface area (Å²) in [7, 11) is 0. The molecular weight excluding hydrogens is 546 g/mol. The fourth-order valence-corrected chi connectivity index (χ4v) is 4.45. The first-order valence-corrected chi connectivity index (χ1v) is 12.7. The van der Waals surface area contributed by atoms with Crippen molar-refractivity contribution in [1.29, 1.82) is 0 Å². The molecule has 0 aromatic heterocycles. The summed E-state index contributed by atoms with van der Waals surface area (Å²) < 4.78 is 39.4. The van der Waals surface area contributed by atoms with Gasteiger partial charge in [0.1, 0.15) is 24.0 Å². The summed E-state index contributed by atoms with van der Waals surface area (Å²) in [6.07, 6.45) is 1.10. The minimum Gasteiger partial charge on any atom is -0.494 e. The molecule has 0 aliphatic carbocycles. The van der Waals surface area contributed by atoms with Gasteiger partial charge >= 0.3 is 0 Å². The Labute approximate surface area is 222 Å². The molecule has 0 saturated carbocycles. The Morgan fingerprint density at radius 1 is 1.11 bits per heavy atom. The normalized spacial score (nSPS) is 16.7. The number of amides is 1. The Morgan fingerprint density at radius 3 is 2.54 bits per heavy atom. The number of nitrogens with one attached hydrogen (secondary N) is 1. The van der Waals surface area contributed by atoms with E-state index in [1.165, 1.54) is 12.1 Å². The van der Waals surface area contributed by atoms with Gasteiger partial charge in [0.25, 0.3) is 5.91 Å². The topological polar surface area (TPSA) is 80.2 Å². The molecule has 9 heteroatoms. The third-order valence-electron chi connectivity index (χ3n) is 5.92. The van der Waals surface area contributed by atoms with E-state index in [9.17, 15) is 13.6 Å². The Balaban J connectivity index is 1.52. The number of hydrogen-bond donors (Lipinski definition) is 2. The number of carbonyl (C=O) groups is 1. The predicted octanol–water partition coefficient (Wildman–Crippen LogP) is 4.61. The van der Waals surface area contributed by atoms with E-state index in [1.54, 1.807) is 24.3 Å². The SMILES string of the molecule is O=C(NCCc1cc(F)cc(F)c1)[C@@]1(Cc2ccccc2Br)COC(c2ccc(OCCCO)cc2)=N1. The molecule has 194 valence electrons. The number of aliphatic imine (C=N–C) groups is 1. The average molecular weight is 573 g/mol. The quantitative estimate of drug-likeness (QED) is 0.329. The highest BCUT2D eigenvalue weighted by atomic mass is 79.9. The molecule has 4 rings (SSSR count). The molecule has 1 atom stereocenters. The first-order valence-electron chi connectivity index (χ1n) is 11.9. The van der Waals surface area contributed by atoms with Crippen molar-refractivity contribution in [3.05, 3.63) is 99.5 Å². The van der Waals surface area contributed by atoms with Crippen LogP contribution in [-0.2, 0) is 22.4 Å². The summed E-state index contributed by atoms with van der Waals surface area (Å²) in [5.41, 5.74) is 0.825. The smallest absolute Gasteiger partial charge is 0.251 e. The molecule has 0 unspecified atom stereocenters. The van der Waals surface area contributed by atoms with Crippen LogP contribution in [0.4, 0.5) is 8.78 Å². The van der Waals surface area contributed by atoms with Gasteiger partial charge in [0.15, 0.2) is 5.54 Å². The number of aliphatic hydroxyl groups is 1. The highest BCUT2D eigenvalue weighted by molar-refractivity contribution is 9.10. The zero-order valence-corrected chi connectivity index (χ0v) is 21.6. The van der Waals surface area contributed by atoms with Crippen molar-refractivity contribution in [3.63, 3.8) is 0 Å². The number of halogens is 3. The third-order valence-corrected chi connectivity index (χ3v) is 6.69. The summed E-state index contributed by atoms with van der Waals surface area (Å²) in [5, 5.41) is 11.8. The molecule has 0 spiro atoms. The molecule has 1 amide bonds. The van der Waals surface area contributed by atoms with Gasteiger partial charge in [0, 0.05) is 42.1 Å². The molecular formula is C28H27BrF2N2O4. The second kappa shape index (κ2) is 12.3. The van der Waals surface area contributed by atoms with Crippen LogP contribution in [0.2, 0.25) is 0 Å². The number of benzene rings is 3. The Morgan fingerprint density at radius 2 is 1.84 bits per heavy atom. The largest absolute Gasteiger partial charge is 0.494 e. The number of rotatable bonds is 11. The van der Waals surface area contributed by atoms with E-state index in [0.29, 0.717) is 42.2 Å². The van der Waals surface area contributed by atoms with Gasteiger partial charge in [-0.25, -0.2) is 13.8 Å². The minimum atomic E-state index is -1.22. The lowest BCUT2D eigenvalue weighted by molar-refractivity contribution is -0.126. The summed E-state index contributed by atoms with van der Waals surface area (Å²) in [6.45, 7) is 0.692. The molecule has 6 nitrogen and oxygen atoms in total. The number of carbonyl (C=O) groups excluding carboxylic acids is 1. The van der Waals surface area contributed by atoms with Crippen LogP contribution in [0.1, 0.15) is 23.1 Å². The second-order valence-corrected chi connectivity index (χ2v) is 9.59. The molecule has 2 N–H and O–H groups in total. The first-order chi connectivity index (χ1) is 17.9. The molecule has 0 bridgehead atoms. The van der Waals surface area contributed by atoms with Gasteiger partial charge in [-0.3, -0.25) is 4.79 Å². The third kappa shape index (κ3) is 6.93. The van der Waals surface area contributed by atoms with Gasteiger partial charge < -0.3 is 19.9 Å². The summed E-state index contributed by atoms with van der Waals surface area (Å²) in [6, 6.07) is 18.1. The van der Waals surface area contributed by atoms with Gasteiger partial charge in [-0.2, -0.15) is 0 Å². The Hall–Kier alpha value is -3.30. The first kappa shape index (κ1) is 26.8. The zero-order valence-electron chi connectivity index (χ0n) is 20.1. The monoisotopic (exact) mass is 572 g/mol. The molecule has 1 aliphatic heterocycles. The van der Waals surface area contributed by atoms with Crippen molar-refractivity contribution >= 4 is 27.7 Å². The maximum Gasteiger partial charge on any atom is 0.251 e. The number of aliphatic hydroxyl groups excluding tert-OH is 1. The summed E-state index contributed by atoms with van der Waals surface area (Å²) in [4.78, 5) is 18.2. The molecule has 0 fully saturated rings. The molecule has 3 aromatic rings. The van der Waals surface area contributed by atoms with Crippen molar-refractivity contribution in [2.75, 3.05) is 26.4 Å². The molecule has 0 radical (unpaired) electrons. The van der Waals surface area contributed by atoms with Crippen molar-refractivity contribution < 1.29 is 28.2 Å². The Kier molecular flexibility index (Phi) is 8.89. The lowest BCUT2D eigenvalue weighted by Gasteiger charge is -2.24. The molecule has 3 aromatic carbocycles. The second-order valence-electron chi connectivity index (χ2n) is 8.74. The van der Waals surface area contributed by atoms with Crippen LogP contribution in [0.15, 0.2) is 76.2 Å². The lowest BCUT2D eigenvalue weighted by Crippen LogP contribution is -2.49. The van der Waals surface area contributed by atoms with Crippen LogP contribution in [0.3, 0.4) is 0 Å². The highest BCUT2D eigenvalue weighted by Crippen LogP contribution is 2.30. The molecule has 1 aliphatic rings. The van der Waals surface area contributed by atoms with Crippen LogP contribution < -0.4 is 10.1 Å². The van der Waals surface area contributed by atoms with Gasteiger partial charge in [-0.15, -0.1) is 0 Å². The van der Waals surface area contributed by atoms with Gasteiger partial charge in [-0.1, -0.05) is 34.1 Å². The zero-order chi connectivity index (χ0) is 26.3. The standard InChI is InChI=1S/C28H27BrF2N2O4/c29-25-5-2-1-4-21(25)17-28(27(35)32-11-10-19-14-22(30)16-23(31)15-19)18-37-26(33-28)20-6-8-24(9-7-20)36-13-3-12-34/h1-2,4-9,14-16,34H,3,10-13,17-18H2,(H,32,35)/t28-/m1/s1. The van der Waals surface area contributed by atoms with Crippen molar-refractivity contribution in [1.82, 2.24) is 5.32 Å². The van der Waals surface area contributed by atoms with Crippen LogP contribution in [0.5, 0.6) is 5.75 Å². The van der Waals surface area contributed by atoms with Crippen LogP contribution in [0.25, 0.3) is 0 Å². The maximum atomic E-state index is 13.5. The molecule has 37 heavy (non-hydrogen) atoms. The van der Waals surface area contributed by atoms with E-state index >= 15 is 0 Å². The molecule has 0 saturated heterocycles. The predicted molar refractivity (Wildman–Crippen MR) is 140 cm³/mol. The van der Waals surface area contributed by atoms with Gasteiger partial charge in [0.2, 0.25) is 5.90 Å². The summed E-state index contributed by atoms with van der Waals surface area (Å²) in [5.74, 6) is -0.651.